The summed E-state index contributed by atoms with van der Waals surface area (Å²) in [4.78, 5) is 0. The number of anilines is 1. The summed E-state index contributed by atoms with van der Waals surface area (Å²) in [6, 6.07) is 5.36. The first-order chi connectivity index (χ1) is 9.86. The molecule has 112 valence electrons. The van der Waals surface area contributed by atoms with Crippen LogP contribution in [0.1, 0.15) is 13.8 Å². The van der Waals surface area contributed by atoms with Crippen LogP contribution >= 0.6 is 0 Å². The zero-order chi connectivity index (χ0) is 15.6. The molecule has 0 aliphatic rings. The van der Waals surface area contributed by atoms with E-state index in [0.29, 0.717) is 0 Å². The summed E-state index contributed by atoms with van der Waals surface area (Å²) < 4.78 is 50.3. The lowest BCUT2D eigenvalue weighted by Gasteiger charge is -2.14. The molecule has 0 aromatic heterocycles. The van der Waals surface area contributed by atoms with Gasteiger partial charge in [0.1, 0.15) is 5.75 Å². The summed E-state index contributed by atoms with van der Waals surface area (Å²) in [5.74, 6) is -2.55. The molecule has 0 bridgehead atoms. The van der Waals surface area contributed by atoms with Gasteiger partial charge in [-0.2, -0.15) is 0 Å². The van der Waals surface area contributed by atoms with Gasteiger partial charge in [0.2, 0.25) is 0 Å². The number of benzene rings is 2. The van der Waals surface area contributed by atoms with Gasteiger partial charge in [-0.25, -0.2) is 13.2 Å². The Balaban J connectivity index is 2.32. The van der Waals surface area contributed by atoms with E-state index >= 15 is 0 Å². The van der Waals surface area contributed by atoms with Crippen LogP contribution in [0.4, 0.5) is 18.9 Å². The van der Waals surface area contributed by atoms with E-state index in [1.807, 2.05) is 0 Å². The molecule has 0 aliphatic carbocycles. The fraction of sp³-hybridized carbons (Fsp3) is 0.200. The normalized spacial score (nSPS) is 10.8. The molecule has 21 heavy (non-hydrogen) atoms. The van der Waals surface area contributed by atoms with Crippen molar-refractivity contribution in [2.45, 2.75) is 20.0 Å². The third kappa shape index (κ3) is 3.59. The SMILES string of the molecule is CC(C)Oc1cc(Oc2ccc(F)c(F)c2)c(N)cc1F. The molecule has 2 aromatic rings. The molecule has 0 unspecified atom stereocenters. The molecule has 0 saturated heterocycles. The van der Waals surface area contributed by atoms with Gasteiger partial charge in [-0.15, -0.1) is 0 Å². The first-order valence-electron chi connectivity index (χ1n) is 6.25. The molecular weight excluding hydrogens is 283 g/mol. The van der Waals surface area contributed by atoms with E-state index in [2.05, 4.69) is 0 Å². The van der Waals surface area contributed by atoms with E-state index in [4.69, 9.17) is 15.2 Å². The lowest BCUT2D eigenvalue weighted by atomic mass is 10.2. The third-order valence-corrected chi connectivity index (χ3v) is 2.55. The van der Waals surface area contributed by atoms with Crippen LogP contribution in [-0.2, 0) is 0 Å². The van der Waals surface area contributed by atoms with Crippen LogP contribution in [0.15, 0.2) is 30.3 Å². The monoisotopic (exact) mass is 297 g/mol. The molecule has 0 radical (unpaired) electrons. The lowest BCUT2D eigenvalue weighted by molar-refractivity contribution is 0.230. The maximum absolute atomic E-state index is 13.7. The van der Waals surface area contributed by atoms with Gasteiger partial charge >= 0.3 is 0 Å². The lowest BCUT2D eigenvalue weighted by Crippen LogP contribution is -2.07. The minimum atomic E-state index is -1.05. The third-order valence-electron chi connectivity index (χ3n) is 2.55. The van der Waals surface area contributed by atoms with Gasteiger partial charge in [0.15, 0.2) is 29.0 Å². The summed E-state index contributed by atoms with van der Waals surface area (Å²) in [5, 5.41) is 0. The summed E-state index contributed by atoms with van der Waals surface area (Å²) in [6.45, 7) is 3.48. The zero-order valence-corrected chi connectivity index (χ0v) is 11.5. The smallest absolute Gasteiger partial charge is 0.167 e. The number of hydrogen-bond acceptors (Lipinski definition) is 3. The summed E-state index contributed by atoms with van der Waals surface area (Å²) in [7, 11) is 0. The van der Waals surface area contributed by atoms with E-state index in [1.54, 1.807) is 13.8 Å². The Bertz CT molecular complexity index is 660. The fourth-order valence-electron chi connectivity index (χ4n) is 1.65. The molecule has 0 saturated carbocycles. The van der Waals surface area contributed by atoms with Crippen molar-refractivity contribution >= 4 is 5.69 Å². The Morgan fingerprint density at radius 1 is 0.905 bits per heavy atom. The highest BCUT2D eigenvalue weighted by Gasteiger charge is 2.13. The molecule has 6 heteroatoms. The van der Waals surface area contributed by atoms with E-state index in [9.17, 15) is 13.2 Å². The average molecular weight is 297 g/mol. The second kappa shape index (κ2) is 5.95. The molecular formula is C15H14F3NO2. The molecule has 2 aromatic carbocycles. The van der Waals surface area contributed by atoms with Gasteiger partial charge < -0.3 is 15.2 Å². The topological polar surface area (TPSA) is 44.5 Å². The van der Waals surface area contributed by atoms with E-state index in [0.717, 1.165) is 18.2 Å². The first kappa shape index (κ1) is 15.0. The quantitative estimate of drug-likeness (QED) is 0.857. The number of nitrogens with two attached hydrogens (primary N) is 1. The predicted octanol–water partition coefficient (Wildman–Crippen LogP) is 4.27. The Morgan fingerprint density at radius 2 is 1.62 bits per heavy atom. The molecule has 2 N–H and O–H groups in total. The molecule has 0 spiro atoms. The molecule has 0 amide bonds. The molecule has 2 rings (SSSR count). The molecule has 0 fully saturated rings. The Labute approximate surface area is 120 Å². The van der Waals surface area contributed by atoms with Gasteiger partial charge in [0, 0.05) is 18.2 Å². The van der Waals surface area contributed by atoms with Crippen molar-refractivity contribution < 1.29 is 22.6 Å². The average Bonchev–Trinajstić information content (AvgIpc) is 2.39. The number of hydrogen-bond donors (Lipinski definition) is 1. The van der Waals surface area contributed by atoms with Crippen molar-refractivity contribution in [3.63, 3.8) is 0 Å². The van der Waals surface area contributed by atoms with Crippen molar-refractivity contribution in [3.8, 4) is 17.2 Å². The van der Waals surface area contributed by atoms with Crippen molar-refractivity contribution in [3.05, 3.63) is 47.8 Å². The summed E-state index contributed by atoms with van der Waals surface area (Å²) >= 11 is 0. The van der Waals surface area contributed by atoms with Crippen LogP contribution in [0, 0.1) is 17.5 Å². The Morgan fingerprint density at radius 3 is 2.24 bits per heavy atom. The van der Waals surface area contributed by atoms with Crippen molar-refractivity contribution in [2.24, 2.45) is 0 Å². The van der Waals surface area contributed by atoms with Gasteiger partial charge in [0.25, 0.3) is 0 Å². The summed E-state index contributed by atoms with van der Waals surface area (Å²) in [5.41, 5.74) is 5.67. The van der Waals surface area contributed by atoms with Crippen molar-refractivity contribution in [1.29, 1.82) is 0 Å². The van der Waals surface area contributed by atoms with Crippen LogP contribution in [0.25, 0.3) is 0 Å². The van der Waals surface area contributed by atoms with Gasteiger partial charge in [-0.05, 0) is 26.0 Å². The number of nitrogen functional groups attached to an aromatic ring is 1. The first-order valence-corrected chi connectivity index (χ1v) is 6.25. The highest BCUT2D eigenvalue weighted by molar-refractivity contribution is 5.57. The number of ether oxygens (including phenoxy) is 2. The van der Waals surface area contributed by atoms with Crippen LogP contribution in [0.5, 0.6) is 17.2 Å². The second-order valence-corrected chi connectivity index (χ2v) is 4.67. The highest BCUT2D eigenvalue weighted by atomic mass is 19.2. The Hall–Kier alpha value is -2.37. The summed E-state index contributed by atoms with van der Waals surface area (Å²) in [6.07, 6.45) is -0.237. The van der Waals surface area contributed by atoms with Crippen molar-refractivity contribution in [1.82, 2.24) is 0 Å². The molecule has 0 atom stereocenters. The van der Waals surface area contributed by atoms with Gasteiger partial charge in [0.05, 0.1) is 11.8 Å². The number of halogens is 3. The zero-order valence-electron chi connectivity index (χ0n) is 11.5. The van der Waals surface area contributed by atoms with Gasteiger partial charge in [-0.3, -0.25) is 0 Å². The van der Waals surface area contributed by atoms with E-state index in [-0.39, 0.29) is 29.0 Å². The predicted molar refractivity (Wildman–Crippen MR) is 73.0 cm³/mol. The molecule has 0 heterocycles. The van der Waals surface area contributed by atoms with Crippen molar-refractivity contribution in [2.75, 3.05) is 5.73 Å². The van der Waals surface area contributed by atoms with Crippen LogP contribution in [-0.4, -0.2) is 6.10 Å². The fourth-order valence-corrected chi connectivity index (χ4v) is 1.65. The second-order valence-electron chi connectivity index (χ2n) is 4.67. The Kier molecular flexibility index (Phi) is 4.26. The molecule has 3 nitrogen and oxygen atoms in total. The van der Waals surface area contributed by atoms with E-state index < -0.39 is 17.5 Å². The maximum Gasteiger partial charge on any atom is 0.167 e. The van der Waals surface area contributed by atoms with Crippen LogP contribution < -0.4 is 15.2 Å². The highest BCUT2D eigenvalue weighted by Crippen LogP contribution is 2.34. The largest absolute Gasteiger partial charge is 0.488 e. The molecule has 0 aliphatic heterocycles. The van der Waals surface area contributed by atoms with Gasteiger partial charge in [-0.1, -0.05) is 0 Å². The van der Waals surface area contributed by atoms with E-state index in [1.165, 1.54) is 12.1 Å². The standard InChI is InChI=1S/C15H14F3NO2/c1-8(2)20-14-7-15(13(19)6-12(14)18)21-9-3-4-10(16)11(17)5-9/h3-8H,19H2,1-2H3. The maximum atomic E-state index is 13.7. The number of rotatable bonds is 4. The van der Waals surface area contributed by atoms with Crippen LogP contribution in [0.2, 0.25) is 0 Å². The van der Waals surface area contributed by atoms with Crippen LogP contribution in [0.3, 0.4) is 0 Å². The minimum absolute atomic E-state index is 0.0216. The minimum Gasteiger partial charge on any atom is -0.488 e.